The topological polar surface area (TPSA) is 92.3 Å². The second kappa shape index (κ2) is 6.31. The largest absolute Gasteiger partial charge is 0.481 e. The van der Waals surface area contributed by atoms with Gasteiger partial charge in [-0.3, -0.25) is 4.79 Å². The van der Waals surface area contributed by atoms with E-state index in [1.807, 2.05) is 6.07 Å². The Hall–Kier alpha value is -2.48. The van der Waals surface area contributed by atoms with Crippen molar-refractivity contribution in [2.45, 2.75) is 0 Å². The number of pyridine rings is 1. The standard InChI is InChI=1S/C13H14N4O3S/c1-19-11-4-3-9(13(16-11)20-2)8-6-15-17(7-8)12(21)5-10(14)18/h3-7,21H,1-2H3,(H2,14,18)/b12-5-. The summed E-state index contributed by atoms with van der Waals surface area (Å²) in [6.07, 6.45) is 4.47. The quantitative estimate of drug-likeness (QED) is 0.639. The van der Waals surface area contributed by atoms with Gasteiger partial charge in [0, 0.05) is 29.5 Å². The number of primary amides is 1. The molecule has 0 aromatic carbocycles. The van der Waals surface area contributed by atoms with Crippen LogP contribution in [-0.4, -0.2) is 34.9 Å². The molecule has 0 atom stereocenters. The van der Waals surface area contributed by atoms with Gasteiger partial charge in [-0.15, -0.1) is 12.6 Å². The van der Waals surface area contributed by atoms with Gasteiger partial charge < -0.3 is 15.2 Å². The van der Waals surface area contributed by atoms with Gasteiger partial charge in [0.2, 0.25) is 17.7 Å². The van der Waals surface area contributed by atoms with Crippen LogP contribution in [0.3, 0.4) is 0 Å². The average Bonchev–Trinajstić information content (AvgIpc) is 2.95. The molecular weight excluding hydrogens is 292 g/mol. The highest BCUT2D eigenvalue weighted by molar-refractivity contribution is 7.90. The van der Waals surface area contributed by atoms with Crippen molar-refractivity contribution in [3.05, 3.63) is 30.6 Å². The highest BCUT2D eigenvalue weighted by Gasteiger charge is 2.12. The number of amides is 1. The van der Waals surface area contributed by atoms with Gasteiger partial charge in [0.25, 0.3) is 0 Å². The molecule has 8 heteroatoms. The molecule has 0 spiro atoms. The van der Waals surface area contributed by atoms with Crippen LogP contribution in [-0.2, 0) is 4.79 Å². The number of rotatable bonds is 5. The molecule has 21 heavy (non-hydrogen) atoms. The van der Waals surface area contributed by atoms with E-state index in [1.165, 1.54) is 25.0 Å². The maximum absolute atomic E-state index is 10.8. The van der Waals surface area contributed by atoms with Crippen molar-refractivity contribution in [2.75, 3.05) is 14.2 Å². The van der Waals surface area contributed by atoms with Gasteiger partial charge >= 0.3 is 0 Å². The summed E-state index contributed by atoms with van der Waals surface area (Å²) in [5, 5.41) is 4.43. The predicted octanol–water partition coefficient (Wildman–Crippen LogP) is 1.18. The first-order valence-electron chi connectivity index (χ1n) is 5.89. The van der Waals surface area contributed by atoms with E-state index in [9.17, 15) is 4.79 Å². The molecule has 0 unspecified atom stereocenters. The maximum Gasteiger partial charge on any atom is 0.244 e. The lowest BCUT2D eigenvalue weighted by Crippen LogP contribution is -2.07. The third kappa shape index (κ3) is 3.34. The Morgan fingerprint density at radius 1 is 1.38 bits per heavy atom. The number of nitrogens with two attached hydrogens (primary N) is 1. The SMILES string of the molecule is COc1ccc(-c2cnn(/C(S)=C/C(N)=O)c2)c(OC)n1. The third-order valence-corrected chi connectivity index (χ3v) is 2.97. The van der Waals surface area contributed by atoms with Crippen LogP contribution < -0.4 is 15.2 Å². The van der Waals surface area contributed by atoms with E-state index >= 15 is 0 Å². The molecule has 0 aliphatic rings. The number of ether oxygens (including phenoxy) is 2. The first kappa shape index (κ1) is 14.9. The molecule has 2 aromatic heterocycles. The summed E-state index contributed by atoms with van der Waals surface area (Å²) in [4.78, 5) is 15.0. The fraction of sp³-hybridized carbons (Fsp3) is 0.154. The Bertz CT molecular complexity index is 696. The second-order valence-corrected chi connectivity index (χ2v) is 4.45. The number of hydrogen-bond donors (Lipinski definition) is 2. The van der Waals surface area contributed by atoms with Gasteiger partial charge in [0.1, 0.15) is 0 Å². The highest BCUT2D eigenvalue weighted by Crippen LogP contribution is 2.30. The van der Waals surface area contributed by atoms with Gasteiger partial charge in [-0.05, 0) is 6.07 Å². The fourth-order valence-corrected chi connectivity index (χ4v) is 1.93. The van der Waals surface area contributed by atoms with Crippen LogP contribution >= 0.6 is 12.6 Å². The lowest BCUT2D eigenvalue weighted by Gasteiger charge is -2.07. The third-order valence-electron chi connectivity index (χ3n) is 2.64. The molecule has 0 bridgehead atoms. The Morgan fingerprint density at radius 3 is 2.76 bits per heavy atom. The number of carbonyl (C=O) groups excluding carboxylic acids is 1. The van der Waals surface area contributed by atoms with E-state index in [2.05, 4.69) is 22.7 Å². The van der Waals surface area contributed by atoms with E-state index in [4.69, 9.17) is 15.2 Å². The zero-order valence-corrected chi connectivity index (χ0v) is 12.4. The monoisotopic (exact) mass is 306 g/mol. The van der Waals surface area contributed by atoms with Crippen LogP contribution in [0.1, 0.15) is 0 Å². The molecule has 2 heterocycles. The molecular formula is C13H14N4O3S. The molecule has 0 saturated heterocycles. The number of methoxy groups -OCH3 is 2. The normalized spacial score (nSPS) is 11.3. The van der Waals surface area contributed by atoms with Crippen molar-refractivity contribution in [1.82, 2.24) is 14.8 Å². The number of carbonyl (C=O) groups is 1. The summed E-state index contributed by atoms with van der Waals surface area (Å²) in [5.41, 5.74) is 6.57. The molecule has 2 aromatic rings. The fourth-order valence-electron chi connectivity index (χ4n) is 1.69. The van der Waals surface area contributed by atoms with Crippen LogP contribution in [0.15, 0.2) is 30.6 Å². The van der Waals surface area contributed by atoms with Crippen molar-refractivity contribution in [1.29, 1.82) is 0 Å². The molecule has 0 fully saturated rings. The van der Waals surface area contributed by atoms with Crippen LogP contribution in [0, 0.1) is 0 Å². The summed E-state index contributed by atoms with van der Waals surface area (Å²) < 4.78 is 11.7. The zero-order valence-electron chi connectivity index (χ0n) is 11.5. The van der Waals surface area contributed by atoms with E-state index < -0.39 is 5.91 Å². The highest BCUT2D eigenvalue weighted by atomic mass is 32.1. The number of aromatic nitrogens is 3. The number of hydrogen-bond acceptors (Lipinski definition) is 6. The molecule has 2 rings (SSSR count). The van der Waals surface area contributed by atoms with Gasteiger partial charge in [0.15, 0.2) is 0 Å². The van der Waals surface area contributed by atoms with Gasteiger partial charge in [-0.2, -0.15) is 10.1 Å². The van der Waals surface area contributed by atoms with Crippen molar-refractivity contribution < 1.29 is 14.3 Å². The van der Waals surface area contributed by atoms with Crippen molar-refractivity contribution in [3.63, 3.8) is 0 Å². The number of thiol groups is 1. The molecule has 2 N–H and O–H groups in total. The van der Waals surface area contributed by atoms with Crippen LogP contribution in [0.25, 0.3) is 16.2 Å². The van der Waals surface area contributed by atoms with Gasteiger partial charge in [0.05, 0.1) is 25.4 Å². The Balaban J connectivity index is 2.40. The second-order valence-electron chi connectivity index (χ2n) is 3.99. The van der Waals surface area contributed by atoms with E-state index in [-0.39, 0.29) is 0 Å². The van der Waals surface area contributed by atoms with E-state index in [1.54, 1.807) is 18.5 Å². The summed E-state index contributed by atoms with van der Waals surface area (Å²) in [6.45, 7) is 0. The van der Waals surface area contributed by atoms with Crippen LogP contribution in [0.4, 0.5) is 0 Å². The molecule has 7 nitrogen and oxygen atoms in total. The van der Waals surface area contributed by atoms with Crippen LogP contribution in [0.5, 0.6) is 11.8 Å². The van der Waals surface area contributed by atoms with Crippen LogP contribution in [0.2, 0.25) is 0 Å². The van der Waals surface area contributed by atoms with Crippen molar-refractivity contribution >= 4 is 23.6 Å². The molecule has 1 amide bonds. The summed E-state index contributed by atoms with van der Waals surface area (Å²) >= 11 is 4.16. The maximum atomic E-state index is 10.8. The summed E-state index contributed by atoms with van der Waals surface area (Å²) in [7, 11) is 3.05. The number of nitrogens with zero attached hydrogens (tertiary/aromatic N) is 3. The molecule has 0 aliphatic carbocycles. The van der Waals surface area contributed by atoms with Crippen molar-refractivity contribution in [3.8, 4) is 22.9 Å². The minimum Gasteiger partial charge on any atom is -0.481 e. The Labute approximate surface area is 126 Å². The predicted molar refractivity (Wildman–Crippen MR) is 81.0 cm³/mol. The molecule has 0 radical (unpaired) electrons. The molecule has 0 aliphatic heterocycles. The van der Waals surface area contributed by atoms with Crippen molar-refractivity contribution in [2.24, 2.45) is 5.73 Å². The zero-order chi connectivity index (χ0) is 15.4. The molecule has 0 saturated carbocycles. The van der Waals surface area contributed by atoms with E-state index in [0.29, 0.717) is 16.8 Å². The minimum atomic E-state index is -0.597. The summed E-state index contributed by atoms with van der Waals surface area (Å²) in [6, 6.07) is 3.53. The average molecular weight is 306 g/mol. The lowest BCUT2D eigenvalue weighted by atomic mass is 10.1. The lowest BCUT2D eigenvalue weighted by molar-refractivity contribution is -0.113. The molecule has 110 valence electrons. The first-order valence-corrected chi connectivity index (χ1v) is 6.34. The summed E-state index contributed by atoms with van der Waals surface area (Å²) in [5.74, 6) is 0.265. The van der Waals surface area contributed by atoms with E-state index in [0.717, 1.165) is 11.1 Å². The van der Waals surface area contributed by atoms with Gasteiger partial charge in [-0.1, -0.05) is 0 Å². The first-order chi connectivity index (χ1) is 10.0. The Morgan fingerprint density at radius 2 is 2.14 bits per heavy atom. The minimum absolute atomic E-state index is 0.314. The van der Waals surface area contributed by atoms with Gasteiger partial charge in [-0.25, -0.2) is 4.68 Å². The Kier molecular flexibility index (Phi) is 4.49. The smallest absolute Gasteiger partial charge is 0.244 e.